The molecule has 1 unspecified atom stereocenters. The summed E-state index contributed by atoms with van der Waals surface area (Å²) in [6.45, 7) is 7.41. The zero-order valence-corrected chi connectivity index (χ0v) is 22.7. The lowest BCUT2D eigenvalue weighted by Crippen LogP contribution is -2.33. The summed E-state index contributed by atoms with van der Waals surface area (Å²) in [5, 5.41) is 7.08. The Kier molecular flexibility index (Phi) is 8.05. The summed E-state index contributed by atoms with van der Waals surface area (Å²) in [5.74, 6) is 0.834. The number of benzene rings is 2. The molecular formula is C27H28N6O5S. The van der Waals surface area contributed by atoms with Crippen LogP contribution in [0.5, 0.6) is 5.75 Å². The molecule has 2 aromatic heterocycles. The minimum Gasteiger partial charge on any atom is -0.494 e. The smallest absolute Gasteiger partial charge is 0.267 e. The third kappa shape index (κ3) is 6.65. The van der Waals surface area contributed by atoms with Crippen LogP contribution in [0.15, 0.2) is 76.4 Å². The van der Waals surface area contributed by atoms with Gasteiger partial charge in [0.05, 0.1) is 17.2 Å². The van der Waals surface area contributed by atoms with Gasteiger partial charge in [-0.3, -0.25) is 14.3 Å². The van der Waals surface area contributed by atoms with Crippen LogP contribution in [0.3, 0.4) is 0 Å². The number of rotatable bonds is 9. The lowest BCUT2D eigenvalue weighted by molar-refractivity contribution is -0.119. The fourth-order valence-electron chi connectivity index (χ4n) is 3.79. The number of sulfonamides is 1. The second-order valence-corrected chi connectivity index (χ2v) is 10.4. The van der Waals surface area contributed by atoms with Gasteiger partial charge in [-0.25, -0.2) is 23.1 Å². The second-order valence-electron chi connectivity index (χ2n) is 8.70. The van der Waals surface area contributed by atoms with Gasteiger partial charge in [0.2, 0.25) is 5.91 Å². The molecule has 39 heavy (non-hydrogen) atoms. The number of carbonyl (C=O) groups is 1. The van der Waals surface area contributed by atoms with Crippen LogP contribution in [0.25, 0.3) is 11.3 Å². The number of aromatic nitrogens is 4. The van der Waals surface area contributed by atoms with Crippen molar-refractivity contribution in [1.82, 2.24) is 19.7 Å². The second kappa shape index (κ2) is 11.4. The van der Waals surface area contributed by atoms with Crippen molar-refractivity contribution in [3.05, 3.63) is 88.6 Å². The Balaban J connectivity index is 1.47. The first-order valence-electron chi connectivity index (χ1n) is 12.1. The molecule has 0 spiro atoms. The van der Waals surface area contributed by atoms with E-state index in [0.717, 1.165) is 16.0 Å². The zero-order chi connectivity index (χ0) is 28.2. The quantitative estimate of drug-likeness (QED) is 0.322. The van der Waals surface area contributed by atoms with Gasteiger partial charge in [-0.15, -0.1) is 0 Å². The normalized spacial score (nSPS) is 12.0. The van der Waals surface area contributed by atoms with Gasteiger partial charge in [-0.2, -0.15) is 5.10 Å². The van der Waals surface area contributed by atoms with E-state index in [-0.39, 0.29) is 10.7 Å². The van der Waals surface area contributed by atoms with Gasteiger partial charge in [0.25, 0.3) is 15.6 Å². The molecule has 2 heterocycles. The molecule has 12 heteroatoms. The van der Waals surface area contributed by atoms with Crippen LogP contribution in [-0.2, 0) is 14.8 Å². The molecule has 0 radical (unpaired) electrons. The Morgan fingerprint density at radius 1 is 1.00 bits per heavy atom. The Morgan fingerprint density at radius 2 is 1.69 bits per heavy atom. The number of aryl methyl sites for hydroxylation is 2. The van der Waals surface area contributed by atoms with E-state index in [4.69, 9.17) is 4.74 Å². The highest BCUT2D eigenvalue weighted by Crippen LogP contribution is 2.21. The summed E-state index contributed by atoms with van der Waals surface area (Å²) in [4.78, 5) is 33.7. The summed E-state index contributed by atoms with van der Waals surface area (Å²) in [7, 11) is -3.91. The molecule has 11 nitrogen and oxygen atoms in total. The number of nitrogens with one attached hydrogen (secondary N) is 2. The first-order chi connectivity index (χ1) is 18.6. The van der Waals surface area contributed by atoms with E-state index in [2.05, 4.69) is 25.1 Å². The fraction of sp³-hybridized carbons (Fsp3) is 0.222. The van der Waals surface area contributed by atoms with Crippen molar-refractivity contribution >= 4 is 27.4 Å². The molecule has 202 valence electrons. The van der Waals surface area contributed by atoms with Crippen molar-refractivity contribution in [3.8, 4) is 17.0 Å². The van der Waals surface area contributed by atoms with Crippen molar-refractivity contribution in [3.63, 3.8) is 0 Å². The molecule has 2 N–H and O–H groups in total. The minimum atomic E-state index is -3.91. The van der Waals surface area contributed by atoms with Crippen molar-refractivity contribution < 1.29 is 17.9 Å². The maximum absolute atomic E-state index is 12.9. The summed E-state index contributed by atoms with van der Waals surface area (Å²) >= 11 is 0. The van der Waals surface area contributed by atoms with Crippen molar-refractivity contribution in [2.24, 2.45) is 0 Å². The largest absolute Gasteiger partial charge is 0.494 e. The highest BCUT2D eigenvalue weighted by atomic mass is 32.2. The number of ether oxygens (including phenoxy) is 1. The van der Waals surface area contributed by atoms with Crippen LogP contribution < -0.4 is 20.3 Å². The Hall–Kier alpha value is -4.58. The Morgan fingerprint density at radius 3 is 2.33 bits per heavy atom. The minimum absolute atomic E-state index is 0.0107. The first-order valence-corrected chi connectivity index (χ1v) is 13.6. The summed E-state index contributed by atoms with van der Waals surface area (Å²) in [6, 6.07) is 16.4. The summed E-state index contributed by atoms with van der Waals surface area (Å²) < 4.78 is 34.5. The van der Waals surface area contributed by atoms with Crippen LogP contribution in [0.4, 0.5) is 11.5 Å². The molecule has 0 aliphatic heterocycles. The number of nitrogens with zero attached hydrogens (tertiary/aromatic N) is 4. The summed E-state index contributed by atoms with van der Waals surface area (Å²) in [6.07, 6.45) is 0. The van der Waals surface area contributed by atoms with Crippen LogP contribution in [0.2, 0.25) is 0 Å². The molecule has 0 saturated carbocycles. The topological polar surface area (TPSA) is 145 Å². The zero-order valence-electron chi connectivity index (χ0n) is 21.9. The number of amides is 1. The van der Waals surface area contributed by atoms with Gasteiger partial charge in [0.1, 0.15) is 23.4 Å². The van der Waals surface area contributed by atoms with Crippen LogP contribution in [-0.4, -0.2) is 40.7 Å². The van der Waals surface area contributed by atoms with Crippen LogP contribution >= 0.6 is 0 Å². The average molecular weight is 549 g/mol. The van der Waals surface area contributed by atoms with Gasteiger partial charge >= 0.3 is 0 Å². The van der Waals surface area contributed by atoms with Gasteiger partial charge in [-0.05, 0) is 82.3 Å². The number of hydrogen-bond acceptors (Lipinski definition) is 8. The predicted molar refractivity (Wildman–Crippen MR) is 147 cm³/mol. The monoisotopic (exact) mass is 548 g/mol. The van der Waals surface area contributed by atoms with E-state index in [1.807, 2.05) is 19.1 Å². The molecule has 1 amide bonds. The van der Waals surface area contributed by atoms with E-state index in [9.17, 15) is 18.0 Å². The Labute approximate surface area is 226 Å². The highest BCUT2D eigenvalue weighted by Gasteiger charge is 2.20. The first kappa shape index (κ1) is 27.5. The van der Waals surface area contributed by atoms with Gasteiger partial charge in [0.15, 0.2) is 0 Å². The van der Waals surface area contributed by atoms with Gasteiger partial charge in [-0.1, -0.05) is 0 Å². The van der Waals surface area contributed by atoms with Crippen molar-refractivity contribution in [1.29, 1.82) is 0 Å². The van der Waals surface area contributed by atoms with E-state index in [0.29, 0.717) is 29.5 Å². The van der Waals surface area contributed by atoms with Crippen LogP contribution in [0.1, 0.15) is 31.4 Å². The number of carbonyl (C=O) groups excluding carboxylic acids is 1. The van der Waals surface area contributed by atoms with E-state index < -0.39 is 27.5 Å². The number of hydrogen-bond donors (Lipinski definition) is 2. The molecule has 4 rings (SSSR count). The lowest BCUT2D eigenvalue weighted by Gasteiger charge is -2.15. The molecule has 0 fully saturated rings. The molecular weight excluding hydrogens is 520 g/mol. The average Bonchev–Trinajstić information content (AvgIpc) is 2.89. The van der Waals surface area contributed by atoms with E-state index in [1.165, 1.54) is 36.4 Å². The van der Waals surface area contributed by atoms with Crippen LogP contribution in [0, 0.1) is 13.8 Å². The third-order valence-corrected chi connectivity index (χ3v) is 7.04. The maximum Gasteiger partial charge on any atom is 0.267 e. The molecule has 0 aliphatic carbocycles. The standard InChI is InChI=1S/C27H28N6O5S/c1-5-38-22-10-6-20(7-11-22)24-14-15-26(34)33(31-24)18(3)27(35)30-21-8-12-23(13-9-21)39(36,37)32-25-16-17(2)28-19(4)29-25/h6-16,18H,5H2,1-4H3,(H,30,35)(H,28,29,32). The molecule has 0 bridgehead atoms. The third-order valence-electron chi connectivity index (χ3n) is 5.67. The van der Waals surface area contributed by atoms with Crippen molar-refractivity contribution in [2.75, 3.05) is 16.6 Å². The lowest BCUT2D eigenvalue weighted by atomic mass is 10.1. The molecule has 0 saturated heterocycles. The van der Waals surface area contributed by atoms with Gasteiger partial charge < -0.3 is 10.1 Å². The van der Waals surface area contributed by atoms with E-state index >= 15 is 0 Å². The van der Waals surface area contributed by atoms with E-state index in [1.54, 1.807) is 39.0 Å². The molecule has 4 aromatic rings. The molecule has 1 atom stereocenters. The maximum atomic E-state index is 12.9. The summed E-state index contributed by atoms with van der Waals surface area (Å²) in [5.41, 5.74) is 1.84. The molecule has 2 aromatic carbocycles. The molecule has 0 aliphatic rings. The van der Waals surface area contributed by atoms with Crippen molar-refractivity contribution in [2.45, 2.75) is 38.6 Å². The number of anilines is 2. The Bertz CT molecular complexity index is 1630. The predicted octanol–water partition coefficient (Wildman–Crippen LogP) is 3.72. The fourth-order valence-corrected chi connectivity index (χ4v) is 4.78. The SMILES string of the molecule is CCOc1ccc(-c2ccc(=O)n(C(C)C(=O)Nc3ccc(S(=O)(=O)Nc4cc(C)nc(C)n4)cc3)n2)cc1. The van der Waals surface area contributed by atoms with Gasteiger partial charge in [0, 0.05) is 29.1 Å². The highest BCUT2D eigenvalue weighted by molar-refractivity contribution is 7.92.